The summed E-state index contributed by atoms with van der Waals surface area (Å²) < 4.78 is 1.71. The lowest BCUT2D eigenvalue weighted by Gasteiger charge is -2.06. The highest BCUT2D eigenvalue weighted by atomic mass is 16.2. The van der Waals surface area contributed by atoms with E-state index in [0.717, 1.165) is 28.1 Å². The first-order chi connectivity index (χ1) is 13.6. The molecule has 0 atom stereocenters. The van der Waals surface area contributed by atoms with E-state index in [0.29, 0.717) is 5.82 Å². The van der Waals surface area contributed by atoms with E-state index < -0.39 is 0 Å². The summed E-state index contributed by atoms with van der Waals surface area (Å²) in [6.45, 7) is 4.01. The number of hydrogen-bond acceptors (Lipinski definition) is 3. The molecule has 5 heteroatoms. The molecule has 4 rings (SSSR count). The van der Waals surface area contributed by atoms with Crippen LogP contribution in [0.1, 0.15) is 21.7 Å². The van der Waals surface area contributed by atoms with Crippen molar-refractivity contribution in [1.29, 1.82) is 0 Å². The molecule has 3 aromatic carbocycles. The Morgan fingerprint density at radius 1 is 0.857 bits per heavy atom. The summed E-state index contributed by atoms with van der Waals surface area (Å²) in [6.07, 6.45) is 0. The van der Waals surface area contributed by atoms with Crippen LogP contribution < -0.4 is 5.32 Å². The van der Waals surface area contributed by atoms with E-state index in [1.807, 2.05) is 92.7 Å². The van der Waals surface area contributed by atoms with Gasteiger partial charge in [-0.15, -0.1) is 5.10 Å². The van der Waals surface area contributed by atoms with E-state index >= 15 is 0 Å². The summed E-state index contributed by atoms with van der Waals surface area (Å²) in [6, 6.07) is 25.3. The van der Waals surface area contributed by atoms with Gasteiger partial charge in [0.1, 0.15) is 0 Å². The van der Waals surface area contributed by atoms with Crippen molar-refractivity contribution < 1.29 is 4.79 Å². The van der Waals surface area contributed by atoms with Gasteiger partial charge in [-0.3, -0.25) is 4.79 Å². The molecule has 0 aliphatic heterocycles. The number of nitrogens with one attached hydrogen (secondary N) is 1. The zero-order valence-corrected chi connectivity index (χ0v) is 15.8. The number of carbonyl (C=O) groups is 1. The van der Waals surface area contributed by atoms with Gasteiger partial charge in [0.05, 0.1) is 5.69 Å². The second-order valence-electron chi connectivity index (χ2n) is 6.70. The fraction of sp³-hybridized carbons (Fsp3) is 0.0870. The van der Waals surface area contributed by atoms with E-state index in [9.17, 15) is 4.79 Å². The molecule has 0 spiro atoms. The summed E-state index contributed by atoms with van der Waals surface area (Å²) >= 11 is 0. The molecule has 0 aliphatic carbocycles. The SMILES string of the molecule is Cc1cccc(NC(=O)c2nc(-c3cccc(C)c3)n(-c3ccccc3)n2)c1. The third-order valence-electron chi connectivity index (χ3n) is 4.36. The second kappa shape index (κ2) is 7.48. The van der Waals surface area contributed by atoms with Gasteiger partial charge in [-0.25, -0.2) is 9.67 Å². The fourth-order valence-corrected chi connectivity index (χ4v) is 3.04. The number of aromatic nitrogens is 3. The molecule has 1 aromatic heterocycles. The number of nitrogens with zero attached hydrogens (tertiary/aromatic N) is 3. The molecule has 1 N–H and O–H groups in total. The molecule has 4 aromatic rings. The maximum atomic E-state index is 12.8. The average Bonchev–Trinajstić information content (AvgIpc) is 3.14. The van der Waals surface area contributed by atoms with Gasteiger partial charge in [0.2, 0.25) is 5.82 Å². The number of amides is 1. The highest BCUT2D eigenvalue weighted by Gasteiger charge is 2.19. The Morgan fingerprint density at radius 2 is 1.57 bits per heavy atom. The van der Waals surface area contributed by atoms with Gasteiger partial charge in [-0.1, -0.05) is 54.1 Å². The van der Waals surface area contributed by atoms with Crippen LogP contribution in [0.4, 0.5) is 5.69 Å². The summed E-state index contributed by atoms with van der Waals surface area (Å²) in [5.41, 5.74) is 4.66. The predicted molar refractivity (Wildman–Crippen MR) is 111 cm³/mol. The van der Waals surface area contributed by atoms with Gasteiger partial charge in [0, 0.05) is 11.3 Å². The van der Waals surface area contributed by atoms with E-state index in [-0.39, 0.29) is 11.7 Å². The number of benzene rings is 3. The van der Waals surface area contributed by atoms with Crippen LogP contribution in [0.15, 0.2) is 78.9 Å². The number of rotatable bonds is 4. The molecule has 1 heterocycles. The van der Waals surface area contributed by atoms with E-state index in [1.165, 1.54) is 0 Å². The van der Waals surface area contributed by atoms with Crippen LogP contribution >= 0.6 is 0 Å². The molecule has 0 radical (unpaired) electrons. The summed E-state index contributed by atoms with van der Waals surface area (Å²) in [4.78, 5) is 17.3. The molecular weight excluding hydrogens is 348 g/mol. The van der Waals surface area contributed by atoms with E-state index in [2.05, 4.69) is 15.4 Å². The van der Waals surface area contributed by atoms with Crippen molar-refractivity contribution in [2.75, 3.05) is 5.32 Å². The monoisotopic (exact) mass is 368 g/mol. The molecule has 0 bridgehead atoms. The standard InChI is InChI=1S/C23H20N4O/c1-16-8-6-10-18(14-16)22-25-21(26-27(22)20-12-4-3-5-13-20)23(28)24-19-11-7-9-17(2)15-19/h3-15H,1-2H3,(H,24,28). The van der Waals surface area contributed by atoms with Gasteiger partial charge in [-0.2, -0.15) is 0 Å². The predicted octanol–water partition coefficient (Wildman–Crippen LogP) is 4.80. The molecule has 0 fully saturated rings. The molecule has 0 aliphatic rings. The average molecular weight is 368 g/mol. The maximum Gasteiger partial charge on any atom is 0.295 e. The van der Waals surface area contributed by atoms with Gasteiger partial charge < -0.3 is 5.32 Å². The van der Waals surface area contributed by atoms with Crippen LogP contribution in [-0.4, -0.2) is 20.7 Å². The van der Waals surface area contributed by atoms with Crippen molar-refractivity contribution in [3.8, 4) is 17.1 Å². The first-order valence-corrected chi connectivity index (χ1v) is 9.08. The third kappa shape index (κ3) is 3.69. The van der Waals surface area contributed by atoms with Crippen LogP contribution in [0.5, 0.6) is 0 Å². The second-order valence-corrected chi connectivity index (χ2v) is 6.70. The minimum atomic E-state index is -0.339. The Balaban J connectivity index is 1.76. The minimum absolute atomic E-state index is 0.127. The normalized spacial score (nSPS) is 10.6. The molecule has 1 amide bonds. The number of carbonyl (C=O) groups excluding carboxylic acids is 1. The van der Waals surface area contributed by atoms with Crippen molar-refractivity contribution in [2.24, 2.45) is 0 Å². The quantitative estimate of drug-likeness (QED) is 0.563. The molecule has 0 unspecified atom stereocenters. The van der Waals surface area contributed by atoms with Gasteiger partial charge in [0.15, 0.2) is 5.82 Å². The Hall–Kier alpha value is -3.73. The smallest absolute Gasteiger partial charge is 0.295 e. The van der Waals surface area contributed by atoms with Gasteiger partial charge in [-0.05, 0) is 49.7 Å². The Morgan fingerprint density at radius 3 is 2.29 bits per heavy atom. The topological polar surface area (TPSA) is 59.8 Å². The molecule has 138 valence electrons. The minimum Gasteiger partial charge on any atom is -0.319 e. The van der Waals surface area contributed by atoms with Crippen molar-refractivity contribution in [3.05, 3.63) is 95.8 Å². The van der Waals surface area contributed by atoms with Crippen LogP contribution in [0, 0.1) is 13.8 Å². The highest BCUT2D eigenvalue weighted by molar-refractivity contribution is 6.01. The number of aryl methyl sites for hydroxylation is 2. The lowest BCUT2D eigenvalue weighted by molar-refractivity contribution is 0.101. The third-order valence-corrected chi connectivity index (χ3v) is 4.36. The summed E-state index contributed by atoms with van der Waals surface area (Å²) in [5.74, 6) is 0.417. The largest absolute Gasteiger partial charge is 0.319 e. The van der Waals surface area contributed by atoms with Crippen molar-refractivity contribution in [3.63, 3.8) is 0 Å². The Kier molecular flexibility index (Phi) is 4.72. The first kappa shape index (κ1) is 17.7. The molecule has 5 nitrogen and oxygen atoms in total. The fourth-order valence-electron chi connectivity index (χ4n) is 3.04. The van der Waals surface area contributed by atoms with Gasteiger partial charge in [0.25, 0.3) is 5.91 Å². The Labute approximate surface area is 163 Å². The molecule has 0 saturated heterocycles. The van der Waals surface area contributed by atoms with Crippen molar-refractivity contribution >= 4 is 11.6 Å². The lowest BCUT2D eigenvalue weighted by atomic mass is 10.1. The van der Waals surface area contributed by atoms with Crippen LogP contribution in [0.25, 0.3) is 17.1 Å². The summed E-state index contributed by atoms with van der Waals surface area (Å²) in [7, 11) is 0. The first-order valence-electron chi connectivity index (χ1n) is 9.08. The molecular formula is C23H20N4O. The highest BCUT2D eigenvalue weighted by Crippen LogP contribution is 2.22. The van der Waals surface area contributed by atoms with Crippen molar-refractivity contribution in [1.82, 2.24) is 14.8 Å². The van der Waals surface area contributed by atoms with Crippen LogP contribution in [0.3, 0.4) is 0 Å². The summed E-state index contributed by atoms with van der Waals surface area (Å²) in [5, 5.41) is 7.38. The van der Waals surface area contributed by atoms with Crippen LogP contribution in [0.2, 0.25) is 0 Å². The van der Waals surface area contributed by atoms with Crippen molar-refractivity contribution in [2.45, 2.75) is 13.8 Å². The van der Waals surface area contributed by atoms with Crippen LogP contribution in [-0.2, 0) is 0 Å². The lowest BCUT2D eigenvalue weighted by Crippen LogP contribution is -2.14. The number of anilines is 1. The van der Waals surface area contributed by atoms with Gasteiger partial charge >= 0.3 is 0 Å². The maximum absolute atomic E-state index is 12.8. The molecule has 28 heavy (non-hydrogen) atoms. The molecule has 0 saturated carbocycles. The Bertz CT molecular complexity index is 1130. The zero-order valence-electron chi connectivity index (χ0n) is 15.8. The number of para-hydroxylation sites is 1. The number of hydrogen-bond donors (Lipinski definition) is 1. The zero-order chi connectivity index (χ0) is 19.5. The van der Waals surface area contributed by atoms with E-state index in [4.69, 9.17) is 0 Å². The van der Waals surface area contributed by atoms with E-state index in [1.54, 1.807) is 4.68 Å².